The van der Waals surface area contributed by atoms with E-state index in [-0.39, 0.29) is 11.8 Å². The Morgan fingerprint density at radius 2 is 2.00 bits per heavy atom. The summed E-state index contributed by atoms with van der Waals surface area (Å²) in [5, 5.41) is 3.15. The molecular weight excluding hydrogens is 326 g/mol. The fourth-order valence-electron chi connectivity index (χ4n) is 4.93. The Bertz CT molecular complexity index is 688. The van der Waals surface area contributed by atoms with E-state index in [1.54, 1.807) is 4.90 Å². The summed E-state index contributed by atoms with van der Waals surface area (Å²) in [6, 6.07) is 7.84. The molecule has 3 aliphatic rings. The van der Waals surface area contributed by atoms with Crippen molar-refractivity contribution in [3.05, 3.63) is 35.4 Å². The second-order valence-corrected chi connectivity index (χ2v) is 8.01. The van der Waals surface area contributed by atoms with Crippen LogP contribution in [0.5, 0.6) is 0 Å². The van der Waals surface area contributed by atoms with Gasteiger partial charge in [0.25, 0.3) is 5.91 Å². The molecule has 0 bridgehead atoms. The fraction of sp³-hybridized carbons (Fsp3) is 0.619. The molecule has 26 heavy (non-hydrogen) atoms. The third-order valence-corrected chi connectivity index (χ3v) is 6.46. The number of nitrogens with one attached hydrogen (secondary N) is 1. The molecule has 1 N–H and O–H groups in total. The molecule has 2 saturated heterocycles. The van der Waals surface area contributed by atoms with Crippen LogP contribution in [0.4, 0.5) is 0 Å². The number of amides is 2. The van der Waals surface area contributed by atoms with Crippen LogP contribution in [0, 0.1) is 5.92 Å². The van der Waals surface area contributed by atoms with Gasteiger partial charge in [0.15, 0.2) is 0 Å². The molecule has 140 valence electrons. The maximum Gasteiger partial charge on any atom is 0.255 e. The van der Waals surface area contributed by atoms with Gasteiger partial charge in [-0.15, -0.1) is 0 Å². The third-order valence-electron chi connectivity index (χ3n) is 6.46. The molecule has 2 amide bonds. The lowest BCUT2D eigenvalue weighted by Crippen LogP contribution is -2.52. The highest BCUT2D eigenvalue weighted by Crippen LogP contribution is 2.30. The summed E-state index contributed by atoms with van der Waals surface area (Å²) >= 11 is 0. The zero-order valence-electron chi connectivity index (χ0n) is 15.6. The van der Waals surface area contributed by atoms with E-state index in [9.17, 15) is 9.59 Å². The summed E-state index contributed by atoms with van der Waals surface area (Å²) in [5.41, 5.74) is 1.75. The highest BCUT2D eigenvalue weighted by molar-refractivity contribution is 6.01. The van der Waals surface area contributed by atoms with Gasteiger partial charge in [0.2, 0.25) is 5.91 Å². The fourth-order valence-corrected chi connectivity index (χ4v) is 4.93. The van der Waals surface area contributed by atoms with Gasteiger partial charge in [0.05, 0.1) is 0 Å². The highest BCUT2D eigenvalue weighted by atomic mass is 16.2. The van der Waals surface area contributed by atoms with Crippen molar-refractivity contribution in [3.8, 4) is 0 Å². The van der Waals surface area contributed by atoms with Crippen LogP contribution in [0.2, 0.25) is 0 Å². The van der Waals surface area contributed by atoms with Crippen molar-refractivity contribution in [2.24, 2.45) is 5.92 Å². The minimum atomic E-state index is -0.430. The van der Waals surface area contributed by atoms with Gasteiger partial charge >= 0.3 is 0 Å². The predicted molar refractivity (Wildman–Crippen MR) is 101 cm³/mol. The predicted octanol–water partition coefficient (Wildman–Crippen LogP) is 2.41. The minimum Gasteiger partial charge on any atom is -0.354 e. The number of fused-ring (bicyclic) bond motifs is 2. The highest BCUT2D eigenvalue weighted by Gasteiger charge is 2.35. The SMILES string of the molecule is C[C@@H](C(=O)NC[C@H]1CCCN2CCCC[C@H]12)N1Cc2ccccc2C1=O. The first-order chi connectivity index (χ1) is 12.6. The maximum absolute atomic E-state index is 12.7. The first kappa shape index (κ1) is 17.5. The Morgan fingerprint density at radius 1 is 1.19 bits per heavy atom. The van der Waals surface area contributed by atoms with Crippen molar-refractivity contribution >= 4 is 11.8 Å². The van der Waals surface area contributed by atoms with E-state index in [0.29, 0.717) is 18.5 Å². The molecule has 1 aromatic rings. The van der Waals surface area contributed by atoms with E-state index in [0.717, 1.165) is 17.7 Å². The lowest BCUT2D eigenvalue weighted by molar-refractivity contribution is -0.125. The molecular formula is C21H29N3O2. The molecule has 3 atom stereocenters. The van der Waals surface area contributed by atoms with Crippen LogP contribution in [-0.4, -0.2) is 53.3 Å². The maximum atomic E-state index is 12.7. The van der Waals surface area contributed by atoms with Crippen molar-refractivity contribution in [2.75, 3.05) is 19.6 Å². The third kappa shape index (κ3) is 3.25. The van der Waals surface area contributed by atoms with Crippen LogP contribution in [0.15, 0.2) is 24.3 Å². The molecule has 0 aromatic heterocycles. The van der Waals surface area contributed by atoms with E-state index in [4.69, 9.17) is 0 Å². The molecule has 1 aromatic carbocycles. The van der Waals surface area contributed by atoms with Crippen molar-refractivity contribution in [1.82, 2.24) is 15.1 Å². The van der Waals surface area contributed by atoms with Crippen LogP contribution in [0.3, 0.4) is 0 Å². The summed E-state index contributed by atoms with van der Waals surface area (Å²) in [5.74, 6) is 0.491. The molecule has 0 spiro atoms. The second kappa shape index (κ2) is 7.39. The van der Waals surface area contributed by atoms with Crippen LogP contribution in [0.1, 0.15) is 54.9 Å². The van der Waals surface area contributed by atoms with Gasteiger partial charge in [0.1, 0.15) is 6.04 Å². The Morgan fingerprint density at radius 3 is 2.85 bits per heavy atom. The standard InChI is InChI=1S/C21H29N3O2/c1-15(24-14-17-7-2-3-9-18(17)21(24)26)20(25)22-13-16-8-6-12-23-11-5-4-10-19(16)23/h2-3,7,9,15-16,19H,4-6,8,10-14H2,1H3,(H,22,25)/t15-,16+,19+/m0/s1. The normalized spacial score (nSPS) is 27.0. The molecule has 0 aliphatic carbocycles. The smallest absolute Gasteiger partial charge is 0.255 e. The number of piperidine rings is 2. The number of hydrogen-bond donors (Lipinski definition) is 1. The number of benzene rings is 1. The number of nitrogens with zero attached hydrogens (tertiary/aromatic N) is 2. The molecule has 0 saturated carbocycles. The number of carbonyl (C=O) groups is 2. The Kier molecular flexibility index (Phi) is 4.98. The van der Waals surface area contributed by atoms with Crippen LogP contribution in [0.25, 0.3) is 0 Å². The van der Waals surface area contributed by atoms with Gasteiger partial charge in [-0.05, 0) is 63.2 Å². The van der Waals surface area contributed by atoms with Crippen LogP contribution >= 0.6 is 0 Å². The monoisotopic (exact) mass is 355 g/mol. The summed E-state index contributed by atoms with van der Waals surface area (Å²) in [4.78, 5) is 29.6. The average molecular weight is 355 g/mol. The molecule has 0 radical (unpaired) electrons. The quantitative estimate of drug-likeness (QED) is 0.902. The molecule has 3 aliphatic heterocycles. The van der Waals surface area contributed by atoms with Crippen molar-refractivity contribution < 1.29 is 9.59 Å². The van der Waals surface area contributed by atoms with Gasteiger partial charge in [-0.25, -0.2) is 0 Å². The van der Waals surface area contributed by atoms with E-state index < -0.39 is 6.04 Å². The zero-order chi connectivity index (χ0) is 18.1. The Labute approximate surface area is 155 Å². The number of rotatable bonds is 4. The Balaban J connectivity index is 1.34. The summed E-state index contributed by atoms with van der Waals surface area (Å²) < 4.78 is 0. The second-order valence-electron chi connectivity index (χ2n) is 8.01. The van der Waals surface area contributed by atoms with Crippen molar-refractivity contribution in [3.63, 3.8) is 0 Å². The van der Waals surface area contributed by atoms with Gasteiger partial charge in [-0.1, -0.05) is 24.6 Å². The summed E-state index contributed by atoms with van der Waals surface area (Å²) in [6.45, 7) is 5.54. The average Bonchev–Trinajstić information content (AvgIpc) is 3.02. The summed E-state index contributed by atoms with van der Waals surface area (Å²) in [7, 11) is 0. The zero-order valence-corrected chi connectivity index (χ0v) is 15.6. The molecule has 0 unspecified atom stereocenters. The van der Waals surface area contributed by atoms with Gasteiger partial charge < -0.3 is 15.1 Å². The van der Waals surface area contributed by atoms with Gasteiger partial charge in [-0.3, -0.25) is 9.59 Å². The molecule has 5 heteroatoms. The molecule has 5 nitrogen and oxygen atoms in total. The van der Waals surface area contributed by atoms with Crippen molar-refractivity contribution in [2.45, 2.75) is 57.7 Å². The van der Waals surface area contributed by atoms with Crippen LogP contribution < -0.4 is 5.32 Å². The van der Waals surface area contributed by atoms with Crippen molar-refractivity contribution in [1.29, 1.82) is 0 Å². The lowest BCUT2D eigenvalue weighted by atomic mass is 9.83. The molecule has 4 rings (SSSR count). The Hall–Kier alpha value is -1.88. The van der Waals surface area contributed by atoms with E-state index >= 15 is 0 Å². The minimum absolute atomic E-state index is 0.0284. The van der Waals surface area contributed by atoms with E-state index in [1.165, 1.54) is 45.2 Å². The largest absolute Gasteiger partial charge is 0.354 e. The molecule has 3 heterocycles. The number of hydrogen-bond acceptors (Lipinski definition) is 3. The van der Waals surface area contributed by atoms with Crippen LogP contribution in [-0.2, 0) is 11.3 Å². The number of carbonyl (C=O) groups excluding carboxylic acids is 2. The van der Waals surface area contributed by atoms with Gasteiger partial charge in [-0.2, -0.15) is 0 Å². The summed E-state index contributed by atoms with van der Waals surface area (Å²) in [6.07, 6.45) is 6.30. The van der Waals surface area contributed by atoms with E-state index in [2.05, 4.69) is 10.2 Å². The first-order valence-electron chi connectivity index (χ1n) is 10.1. The first-order valence-corrected chi connectivity index (χ1v) is 10.1. The van der Waals surface area contributed by atoms with Gasteiger partial charge in [0, 0.05) is 24.7 Å². The molecule has 2 fully saturated rings. The lowest BCUT2D eigenvalue weighted by Gasteiger charge is -2.44. The van der Waals surface area contributed by atoms with E-state index in [1.807, 2.05) is 31.2 Å². The topological polar surface area (TPSA) is 52.7 Å².